The molecule has 0 aromatic heterocycles. The summed E-state index contributed by atoms with van der Waals surface area (Å²) in [7, 11) is 1.87. The molecule has 6 atom stereocenters. The third kappa shape index (κ3) is 1.81. The van der Waals surface area contributed by atoms with Gasteiger partial charge in [0, 0.05) is 13.0 Å². The lowest BCUT2D eigenvalue weighted by atomic mass is 9.74. The molecule has 4 aliphatic heterocycles. The summed E-state index contributed by atoms with van der Waals surface area (Å²) in [5, 5.41) is 1.80. The van der Waals surface area contributed by atoms with E-state index in [1.54, 1.807) is 17.2 Å². The van der Waals surface area contributed by atoms with Crippen LogP contribution in [0.4, 0.5) is 0 Å². The van der Waals surface area contributed by atoms with Crippen molar-refractivity contribution < 1.29 is 28.6 Å². The quantitative estimate of drug-likeness (QED) is 0.734. The van der Waals surface area contributed by atoms with Gasteiger partial charge in [0.25, 0.3) is 0 Å². The molecule has 7 nitrogen and oxygen atoms in total. The van der Waals surface area contributed by atoms with E-state index in [0.717, 1.165) is 0 Å². The van der Waals surface area contributed by atoms with Crippen LogP contribution in [0.1, 0.15) is 10.4 Å². The minimum Gasteiger partial charge on any atom is -0.454 e. The Morgan fingerprint density at radius 3 is 2.88 bits per heavy atom. The van der Waals surface area contributed by atoms with Crippen LogP contribution in [0.2, 0.25) is 0 Å². The summed E-state index contributed by atoms with van der Waals surface area (Å²) in [4.78, 5) is 18.4. The van der Waals surface area contributed by atoms with E-state index < -0.39 is 17.9 Å². The molecule has 5 rings (SSSR count). The van der Waals surface area contributed by atoms with Gasteiger partial charge in [-0.15, -0.1) is 0 Å². The van der Waals surface area contributed by atoms with Crippen LogP contribution in [0.5, 0.6) is 0 Å². The molecule has 0 aliphatic carbocycles. The molecule has 7 heteroatoms. The molecule has 0 N–H and O–H groups in total. The molecular weight excluding hydrogens is 314 g/mol. The Morgan fingerprint density at radius 1 is 1.21 bits per heavy atom. The van der Waals surface area contributed by atoms with Crippen LogP contribution in [0, 0.1) is 5.92 Å². The molecule has 4 fully saturated rings. The van der Waals surface area contributed by atoms with Crippen LogP contribution in [0.15, 0.2) is 30.3 Å². The first kappa shape index (κ1) is 14.8. The maximum Gasteiger partial charge on any atom is 0.338 e. The number of hydrogen-bond acceptors (Lipinski definition) is 7. The SMILES string of the molecule is CN1OC[C@H]2CO[C@@H]3[C@@H]4OC[C@@H](O4)[C@@H](OC(=O)c4ccccc4)[C@]231. The maximum atomic E-state index is 12.6. The lowest BCUT2D eigenvalue weighted by Crippen LogP contribution is -2.69. The predicted octanol–water partition coefficient (Wildman–Crippen LogP) is 0.598. The van der Waals surface area contributed by atoms with Crippen molar-refractivity contribution in [1.29, 1.82) is 0 Å². The highest BCUT2D eigenvalue weighted by Crippen LogP contribution is 2.52. The molecule has 0 unspecified atom stereocenters. The standard InChI is InChI=1S/C17H19NO6/c1-18-17-11(8-22-18)7-20-14(17)16-21-9-12(23-16)13(17)24-15(19)10-5-3-2-4-6-10/h2-6,11-14,16H,7-9H2,1H3/t11-,12-,13-,14-,16-,17-/m1/s1. The Balaban J connectivity index is 1.52. The van der Waals surface area contributed by atoms with Gasteiger partial charge in [-0.1, -0.05) is 18.2 Å². The monoisotopic (exact) mass is 333 g/mol. The van der Waals surface area contributed by atoms with Gasteiger partial charge in [0.15, 0.2) is 12.4 Å². The summed E-state index contributed by atoms with van der Waals surface area (Å²) >= 11 is 0. The zero-order valence-corrected chi connectivity index (χ0v) is 13.3. The van der Waals surface area contributed by atoms with Crippen molar-refractivity contribution in [2.45, 2.75) is 30.1 Å². The van der Waals surface area contributed by atoms with E-state index in [2.05, 4.69) is 0 Å². The highest BCUT2D eigenvalue weighted by molar-refractivity contribution is 5.89. The summed E-state index contributed by atoms with van der Waals surface area (Å²) < 4.78 is 23.6. The summed E-state index contributed by atoms with van der Waals surface area (Å²) in [5.41, 5.74) is -0.0438. The number of hydroxylamine groups is 2. The second kappa shape index (κ2) is 5.24. The Kier molecular flexibility index (Phi) is 3.23. The Labute approximate surface area is 139 Å². The van der Waals surface area contributed by atoms with Gasteiger partial charge in [-0.2, -0.15) is 5.06 Å². The average molecular weight is 333 g/mol. The number of nitrogens with zero attached hydrogens (tertiary/aromatic N) is 1. The van der Waals surface area contributed by atoms with Crippen LogP contribution in [0.3, 0.4) is 0 Å². The van der Waals surface area contributed by atoms with E-state index in [4.69, 9.17) is 23.8 Å². The van der Waals surface area contributed by atoms with Gasteiger partial charge in [0.2, 0.25) is 0 Å². The zero-order valence-electron chi connectivity index (χ0n) is 13.3. The second-order valence-electron chi connectivity index (χ2n) is 6.70. The predicted molar refractivity (Wildman–Crippen MR) is 79.9 cm³/mol. The summed E-state index contributed by atoms with van der Waals surface area (Å²) in [6.07, 6.45) is -1.58. The van der Waals surface area contributed by atoms with Crippen LogP contribution in [-0.2, 0) is 23.8 Å². The topological polar surface area (TPSA) is 66.5 Å². The minimum atomic E-state index is -0.561. The fourth-order valence-corrected chi connectivity index (χ4v) is 4.50. The summed E-state index contributed by atoms with van der Waals surface area (Å²) in [5.74, 6) is -0.245. The van der Waals surface area contributed by atoms with E-state index in [-0.39, 0.29) is 24.1 Å². The van der Waals surface area contributed by atoms with Crippen molar-refractivity contribution in [1.82, 2.24) is 5.06 Å². The molecule has 4 heterocycles. The van der Waals surface area contributed by atoms with Crippen molar-refractivity contribution in [3.05, 3.63) is 35.9 Å². The molecule has 128 valence electrons. The van der Waals surface area contributed by atoms with Gasteiger partial charge in [-0.05, 0) is 12.1 Å². The molecule has 1 aromatic carbocycles. The number of rotatable bonds is 2. The van der Waals surface area contributed by atoms with Gasteiger partial charge in [0.05, 0.1) is 25.4 Å². The van der Waals surface area contributed by atoms with Gasteiger partial charge in [-0.3, -0.25) is 4.84 Å². The lowest BCUT2D eigenvalue weighted by Gasteiger charge is -2.47. The third-order valence-electron chi connectivity index (χ3n) is 5.62. The number of carbonyl (C=O) groups excluding carboxylic acids is 1. The fourth-order valence-electron chi connectivity index (χ4n) is 4.50. The number of hydrogen-bond donors (Lipinski definition) is 0. The van der Waals surface area contributed by atoms with Crippen molar-refractivity contribution in [3.63, 3.8) is 0 Å². The van der Waals surface area contributed by atoms with Gasteiger partial charge in [0.1, 0.15) is 17.7 Å². The highest BCUT2D eigenvalue weighted by Gasteiger charge is 2.72. The van der Waals surface area contributed by atoms with E-state index in [9.17, 15) is 4.79 Å². The van der Waals surface area contributed by atoms with E-state index in [0.29, 0.717) is 25.4 Å². The van der Waals surface area contributed by atoms with Crippen LogP contribution >= 0.6 is 0 Å². The normalized spacial score (nSPS) is 43.5. The maximum absolute atomic E-state index is 12.6. The largest absolute Gasteiger partial charge is 0.454 e. The molecule has 2 bridgehead atoms. The first-order valence-corrected chi connectivity index (χ1v) is 8.22. The number of benzene rings is 1. The van der Waals surface area contributed by atoms with Crippen molar-refractivity contribution >= 4 is 5.97 Å². The van der Waals surface area contributed by atoms with Crippen LogP contribution < -0.4 is 0 Å². The van der Waals surface area contributed by atoms with Gasteiger partial charge in [-0.25, -0.2) is 4.79 Å². The number of carbonyl (C=O) groups is 1. The number of likely N-dealkylation sites (N-methyl/N-ethyl adjacent to an activating group) is 1. The summed E-state index contributed by atoms with van der Waals surface area (Å²) in [6, 6.07) is 8.98. The van der Waals surface area contributed by atoms with Crippen molar-refractivity contribution in [3.8, 4) is 0 Å². The molecule has 1 aromatic rings. The first-order valence-electron chi connectivity index (χ1n) is 8.22. The second-order valence-corrected chi connectivity index (χ2v) is 6.70. The molecule has 24 heavy (non-hydrogen) atoms. The fraction of sp³-hybridized carbons (Fsp3) is 0.588. The first-order chi connectivity index (χ1) is 11.7. The molecular formula is C17H19NO6. The van der Waals surface area contributed by atoms with Crippen LogP contribution in [-0.4, -0.2) is 68.0 Å². The van der Waals surface area contributed by atoms with Crippen molar-refractivity contribution in [2.75, 3.05) is 26.9 Å². The van der Waals surface area contributed by atoms with E-state index in [1.165, 1.54) is 0 Å². The highest BCUT2D eigenvalue weighted by atomic mass is 16.8. The molecule has 0 amide bonds. The van der Waals surface area contributed by atoms with E-state index in [1.807, 2.05) is 25.2 Å². The Bertz CT molecular complexity index is 654. The van der Waals surface area contributed by atoms with E-state index >= 15 is 0 Å². The molecule has 4 saturated heterocycles. The van der Waals surface area contributed by atoms with Crippen LogP contribution in [0.25, 0.3) is 0 Å². The molecule has 1 spiro atoms. The molecule has 4 aliphatic rings. The van der Waals surface area contributed by atoms with Crippen molar-refractivity contribution in [2.24, 2.45) is 5.92 Å². The van der Waals surface area contributed by atoms with Gasteiger partial charge < -0.3 is 18.9 Å². The average Bonchev–Trinajstić information content (AvgIpc) is 3.28. The number of esters is 1. The molecule has 0 radical (unpaired) electrons. The van der Waals surface area contributed by atoms with Gasteiger partial charge >= 0.3 is 5.97 Å². The lowest BCUT2D eigenvalue weighted by molar-refractivity contribution is -0.275. The third-order valence-corrected chi connectivity index (χ3v) is 5.62. The Hall–Kier alpha value is -1.51. The zero-order chi connectivity index (χ0) is 16.3. The number of fused-ring (bicyclic) bond motifs is 3. The Morgan fingerprint density at radius 2 is 2.04 bits per heavy atom. The minimum absolute atomic E-state index is 0.122. The molecule has 0 saturated carbocycles. The summed E-state index contributed by atoms with van der Waals surface area (Å²) in [6.45, 7) is 1.48. The number of ether oxygens (including phenoxy) is 4. The smallest absolute Gasteiger partial charge is 0.338 e.